The summed E-state index contributed by atoms with van der Waals surface area (Å²) in [6, 6.07) is 40.8. The predicted molar refractivity (Wildman–Crippen MR) is 175 cm³/mol. The zero-order valence-corrected chi connectivity index (χ0v) is 28.5. The van der Waals surface area contributed by atoms with Gasteiger partial charge in [0, 0.05) is 42.5 Å². The zero-order valence-electron chi connectivity index (χ0n) is 24.0. The van der Waals surface area contributed by atoms with Crippen LogP contribution in [0.25, 0.3) is 66.4 Å². The Morgan fingerprint density at radius 2 is 1.28 bits per heavy atom. The number of nitrogens with zero attached hydrogens (tertiary/aromatic N) is 2. The smallest absolute Gasteiger partial charge is 0.135 e. The molecule has 4 aromatic heterocycles. The Hall–Kier alpha value is -4.03. The summed E-state index contributed by atoms with van der Waals surface area (Å²) in [6.07, 6.45) is 3.90. The molecule has 0 aliphatic rings. The van der Waals surface area contributed by atoms with Gasteiger partial charge in [-0.3, -0.25) is 0 Å². The standard InChI is InChI=1S/C23H12NO2.C14H16GeN.Ir/c1-4-11-21-14(6-1)16-8-5-9-17(23(16)26-21)19-12-22-18(13-24-19)15-7-2-3-10-20(15)25-22;1-15(2,3)13-9-10-14(16-11-13)12-7-5-4-6-8-12;/h1-8,10-13H;4-7,9-11H,1-3H3;/q2*-1;. The van der Waals surface area contributed by atoms with Crippen molar-refractivity contribution in [3.05, 3.63) is 128 Å². The molecular weight excluding hydrogens is 769 g/mol. The molecule has 0 aliphatic carbocycles. The van der Waals surface area contributed by atoms with Gasteiger partial charge in [-0.25, -0.2) is 0 Å². The van der Waals surface area contributed by atoms with Crippen molar-refractivity contribution < 1.29 is 28.9 Å². The van der Waals surface area contributed by atoms with Crippen LogP contribution in [0, 0.1) is 12.1 Å². The van der Waals surface area contributed by atoms with Crippen molar-refractivity contribution in [1.29, 1.82) is 0 Å². The molecule has 8 rings (SSSR count). The normalized spacial score (nSPS) is 11.4. The largest absolute Gasteiger partial charge is 0.501 e. The average Bonchev–Trinajstić information content (AvgIpc) is 3.59. The van der Waals surface area contributed by atoms with Crippen LogP contribution in [-0.4, -0.2) is 23.2 Å². The molecule has 0 unspecified atom stereocenters. The van der Waals surface area contributed by atoms with Crippen LogP contribution < -0.4 is 4.40 Å². The van der Waals surface area contributed by atoms with Gasteiger partial charge in [0.15, 0.2) is 0 Å². The molecule has 0 atom stereocenters. The fraction of sp³-hybridized carbons (Fsp3) is 0.0811. The van der Waals surface area contributed by atoms with Crippen molar-refractivity contribution in [3.8, 4) is 22.5 Å². The Bertz CT molecular complexity index is 2180. The van der Waals surface area contributed by atoms with Crippen LogP contribution in [0.2, 0.25) is 17.3 Å². The van der Waals surface area contributed by atoms with Crippen LogP contribution in [0.4, 0.5) is 0 Å². The van der Waals surface area contributed by atoms with E-state index in [0.29, 0.717) is 0 Å². The van der Waals surface area contributed by atoms with Crippen LogP contribution in [0.5, 0.6) is 0 Å². The van der Waals surface area contributed by atoms with Crippen LogP contribution in [0.15, 0.2) is 124 Å². The molecule has 6 heteroatoms. The van der Waals surface area contributed by atoms with Crippen LogP contribution in [0.1, 0.15) is 0 Å². The summed E-state index contributed by atoms with van der Waals surface area (Å²) < 4.78 is 13.6. The number of para-hydroxylation sites is 2. The third-order valence-electron chi connectivity index (χ3n) is 7.47. The van der Waals surface area contributed by atoms with Gasteiger partial charge in [-0.15, -0.1) is 18.2 Å². The van der Waals surface area contributed by atoms with Gasteiger partial charge in [0.2, 0.25) is 0 Å². The first kappa shape index (κ1) is 29.1. The second kappa shape index (κ2) is 11.9. The fourth-order valence-corrected chi connectivity index (χ4v) is 7.36. The summed E-state index contributed by atoms with van der Waals surface area (Å²) in [5.74, 6) is 7.14. The molecule has 4 nitrogen and oxygen atoms in total. The number of furan rings is 2. The van der Waals surface area contributed by atoms with Crippen molar-refractivity contribution in [2.24, 2.45) is 0 Å². The molecule has 0 aliphatic heterocycles. The van der Waals surface area contributed by atoms with E-state index in [9.17, 15) is 0 Å². The molecule has 4 aromatic carbocycles. The summed E-state index contributed by atoms with van der Waals surface area (Å²) in [5.41, 5.74) is 7.07. The molecule has 0 fully saturated rings. The first-order valence-corrected chi connectivity index (χ1v) is 21.3. The average molecular weight is 797 g/mol. The molecule has 4 heterocycles. The summed E-state index contributed by atoms with van der Waals surface area (Å²) >= 11 is -1.72. The van der Waals surface area contributed by atoms with E-state index >= 15 is 0 Å². The molecular formula is C37H28GeIrN2O2-2. The quantitative estimate of drug-likeness (QED) is 0.132. The maximum Gasteiger partial charge on any atom is 0.135 e. The van der Waals surface area contributed by atoms with Gasteiger partial charge in [0.25, 0.3) is 0 Å². The monoisotopic (exact) mass is 799 g/mol. The molecule has 8 aromatic rings. The Morgan fingerprint density at radius 1 is 0.581 bits per heavy atom. The first-order valence-electron chi connectivity index (χ1n) is 14.0. The van der Waals surface area contributed by atoms with E-state index < -0.39 is 13.3 Å². The molecule has 43 heavy (non-hydrogen) atoms. The Kier molecular flexibility index (Phi) is 8.06. The zero-order chi connectivity index (χ0) is 28.7. The number of hydrogen-bond donors (Lipinski definition) is 0. The Labute approximate surface area is 266 Å². The molecule has 0 spiro atoms. The first-order chi connectivity index (χ1) is 20.5. The second-order valence-corrected chi connectivity index (χ2v) is 22.0. The van der Waals surface area contributed by atoms with Crippen molar-refractivity contribution in [2.75, 3.05) is 0 Å². The minimum absolute atomic E-state index is 0. The van der Waals surface area contributed by atoms with Gasteiger partial charge in [-0.1, -0.05) is 47.3 Å². The molecule has 213 valence electrons. The number of benzene rings is 4. The summed E-state index contributed by atoms with van der Waals surface area (Å²) in [6.45, 7) is 0. The van der Waals surface area contributed by atoms with Gasteiger partial charge in [0.1, 0.15) is 16.7 Å². The van der Waals surface area contributed by atoms with Crippen molar-refractivity contribution in [1.82, 2.24) is 9.97 Å². The SMILES string of the molecule is [CH3][Ge]([CH3])([CH3])[c]1ccc(-c2[c-]cccc2)nc1.[Ir].[c-]1ccc2c(oc3ccccc32)c1-c1cc2oc3ccccc3c2cn1. The fourth-order valence-electron chi connectivity index (χ4n) is 5.19. The minimum Gasteiger partial charge on any atom is -0.501 e. The number of aromatic nitrogens is 2. The predicted octanol–water partition coefficient (Wildman–Crippen LogP) is 9.44. The third-order valence-corrected chi connectivity index (χ3v) is 11.7. The molecule has 1 radical (unpaired) electrons. The molecule has 0 saturated heterocycles. The van der Waals surface area contributed by atoms with Crippen LogP contribution >= 0.6 is 0 Å². The maximum absolute atomic E-state index is 6.11. The van der Waals surface area contributed by atoms with Crippen molar-refractivity contribution >= 4 is 61.5 Å². The molecule has 0 amide bonds. The van der Waals surface area contributed by atoms with Gasteiger partial charge in [-0.05, 0) is 23.9 Å². The third kappa shape index (κ3) is 5.68. The van der Waals surface area contributed by atoms with E-state index in [1.807, 2.05) is 91.3 Å². The Morgan fingerprint density at radius 3 is 1.98 bits per heavy atom. The molecule has 0 saturated carbocycles. The van der Waals surface area contributed by atoms with E-state index in [2.05, 4.69) is 63.6 Å². The number of pyridine rings is 2. The van der Waals surface area contributed by atoms with Gasteiger partial charge >= 0.3 is 99.8 Å². The minimum atomic E-state index is -1.72. The summed E-state index contributed by atoms with van der Waals surface area (Å²) in [4.78, 5) is 9.20. The number of fused-ring (bicyclic) bond motifs is 6. The topological polar surface area (TPSA) is 52.1 Å². The van der Waals surface area contributed by atoms with E-state index in [4.69, 9.17) is 8.83 Å². The summed E-state index contributed by atoms with van der Waals surface area (Å²) in [7, 11) is 0. The van der Waals surface area contributed by atoms with Crippen LogP contribution in [-0.2, 0) is 20.1 Å². The molecule has 0 bridgehead atoms. The maximum atomic E-state index is 6.11. The van der Waals surface area contributed by atoms with E-state index in [0.717, 1.165) is 66.4 Å². The number of rotatable bonds is 3. The molecule has 0 N–H and O–H groups in total. The van der Waals surface area contributed by atoms with E-state index in [1.54, 1.807) is 0 Å². The van der Waals surface area contributed by atoms with E-state index in [-0.39, 0.29) is 20.1 Å². The van der Waals surface area contributed by atoms with Gasteiger partial charge in [0.05, 0.1) is 5.58 Å². The van der Waals surface area contributed by atoms with E-state index in [1.165, 1.54) is 4.40 Å². The van der Waals surface area contributed by atoms with Gasteiger partial charge in [-0.2, -0.15) is 0 Å². The Balaban J connectivity index is 0.000000168. The number of hydrogen-bond acceptors (Lipinski definition) is 4. The second-order valence-electron chi connectivity index (χ2n) is 11.3. The summed E-state index contributed by atoms with van der Waals surface area (Å²) in [5, 5.41) is 4.26. The van der Waals surface area contributed by atoms with Crippen molar-refractivity contribution in [2.45, 2.75) is 17.3 Å². The van der Waals surface area contributed by atoms with Crippen LogP contribution in [0.3, 0.4) is 0 Å². The van der Waals surface area contributed by atoms with Gasteiger partial charge < -0.3 is 13.8 Å². The van der Waals surface area contributed by atoms with Crippen molar-refractivity contribution in [3.63, 3.8) is 0 Å².